The van der Waals surface area contributed by atoms with Gasteiger partial charge in [0.25, 0.3) is 0 Å². The Labute approximate surface area is 243 Å². The zero-order valence-electron chi connectivity index (χ0n) is 25.0. The van der Waals surface area contributed by atoms with Crippen molar-refractivity contribution >= 4 is 17.8 Å². The fourth-order valence-electron chi connectivity index (χ4n) is 8.07. The summed E-state index contributed by atoms with van der Waals surface area (Å²) in [4.78, 5) is 40.4. The zero-order valence-corrected chi connectivity index (χ0v) is 25.0. The molecule has 0 aromatic heterocycles. The van der Waals surface area contributed by atoms with Gasteiger partial charge in [0.2, 0.25) is 5.91 Å². The molecule has 4 heterocycles. The SMILES string of the molecule is CC=C(CCO)C(=O)OC(C)(C)C1(CC2CC(N)[NH2+]CC2CC(=O)N2CCC2)CC2CC3CCC(=O)OC3CC2O1. The van der Waals surface area contributed by atoms with Crippen molar-refractivity contribution in [1.29, 1.82) is 0 Å². The Morgan fingerprint density at radius 3 is 2.66 bits per heavy atom. The number of aliphatic hydroxyl groups excluding tert-OH is 1. The van der Waals surface area contributed by atoms with Gasteiger partial charge in [0, 0.05) is 63.3 Å². The van der Waals surface area contributed by atoms with E-state index in [-0.39, 0.29) is 61.0 Å². The third-order valence-corrected chi connectivity index (χ3v) is 10.8. The van der Waals surface area contributed by atoms with Crippen molar-refractivity contribution in [3.05, 3.63) is 11.6 Å². The average Bonchev–Trinajstić information content (AvgIpc) is 3.24. The number of esters is 2. The molecule has 0 bridgehead atoms. The molecule has 4 aliphatic heterocycles. The number of quaternary nitrogens is 1. The summed E-state index contributed by atoms with van der Waals surface area (Å²) in [5.41, 5.74) is 5.14. The number of amides is 1. The van der Waals surface area contributed by atoms with Crippen LogP contribution < -0.4 is 11.1 Å². The highest BCUT2D eigenvalue weighted by Crippen LogP contribution is 2.55. The molecule has 4 saturated heterocycles. The number of likely N-dealkylation sites (tertiary alicyclic amines) is 1. The third kappa shape index (κ3) is 6.36. The molecule has 0 spiro atoms. The lowest BCUT2D eigenvalue weighted by Gasteiger charge is -2.47. The van der Waals surface area contributed by atoms with Gasteiger partial charge >= 0.3 is 11.9 Å². The number of ether oxygens (including phenoxy) is 3. The number of nitrogens with two attached hydrogens (primary N) is 2. The van der Waals surface area contributed by atoms with Gasteiger partial charge in [-0.15, -0.1) is 0 Å². The Kier molecular flexibility index (Phi) is 9.14. The van der Waals surface area contributed by atoms with Crippen LogP contribution in [0.4, 0.5) is 0 Å². The Hall–Kier alpha value is -2.01. The van der Waals surface area contributed by atoms with E-state index in [0.717, 1.165) is 51.7 Å². The minimum Gasteiger partial charge on any atom is -0.462 e. The standard InChI is InChI=1S/C31H49N3O7/c1-4-19(8-11-35)29(38)41-30(2,3)31(17-22-12-20-6-7-28(37)39-24(20)15-25(22)40-31)16-21-13-26(32)33-18-23(21)14-27(36)34-9-5-10-34/h4,20-26,33,35H,5-18,32H2,1-3H3/p+1. The second-order valence-corrected chi connectivity index (χ2v) is 13.6. The van der Waals surface area contributed by atoms with E-state index in [4.69, 9.17) is 19.9 Å². The summed E-state index contributed by atoms with van der Waals surface area (Å²) in [6, 6.07) is 0. The predicted molar refractivity (Wildman–Crippen MR) is 150 cm³/mol. The monoisotopic (exact) mass is 576 g/mol. The first kappa shape index (κ1) is 30.4. The Morgan fingerprint density at radius 1 is 1.20 bits per heavy atom. The van der Waals surface area contributed by atoms with Crippen molar-refractivity contribution in [1.82, 2.24) is 4.90 Å². The van der Waals surface area contributed by atoms with Crippen molar-refractivity contribution in [3.63, 3.8) is 0 Å². The molecule has 8 unspecified atom stereocenters. The van der Waals surface area contributed by atoms with Crippen LogP contribution in [0.25, 0.3) is 0 Å². The highest BCUT2D eigenvalue weighted by Gasteiger charge is 2.61. The van der Waals surface area contributed by atoms with Crippen LogP contribution in [0.15, 0.2) is 11.6 Å². The van der Waals surface area contributed by atoms with Gasteiger partial charge in [-0.25, -0.2) is 4.79 Å². The van der Waals surface area contributed by atoms with Crippen molar-refractivity contribution < 1.29 is 39.0 Å². The first-order valence-corrected chi connectivity index (χ1v) is 15.8. The molecule has 5 aliphatic rings. The average molecular weight is 577 g/mol. The molecule has 10 heteroatoms. The quantitative estimate of drug-likeness (QED) is 0.276. The Morgan fingerprint density at radius 2 is 1.98 bits per heavy atom. The molecule has 0 aromatic carbocycles. The van der Waals surface area contributed by atoms with Gasteiger partial charge in [-0.1, -0.05) is 6.08 Å². The number of hydrogen-bond donors (Lipinski definition) is 3. The van der Waals surface area contributed by atoms with Gasteiger partial charge in [-0.2, -0.15) is 0 Å². The van der Waals surface area contributed by atoms with Crippen molar-refractivity contribution in [3.8, 4) is 0 Å². The summed E-state index contributed by atoms with van der Waals surface area (Å²) in [7, 11) is 0. The zero-order chi connectivity index (χ0) is 29.4. The molecule has 5 N–H and O–H groups in total. The lowest BCUT2D eigenvalue weighted by Crippen LogP contribution is -2.96. The number of allylic oxidation sites excluding steroid dienone is 1. The number of rotatable bonds is 9. The predicted octanol–water partition coefficient (Wildman–Crippen LogP) is 1.39. The number of hydrogen-bond acceptors (Lipinski definition) is 8. The van der Waals surface area contributed by atoms with E-state index in [9.17, 15) is 19.5 Å². The molecule has 10 nitrogen and oxygen atoms in total. The second-order valence-electron chi connectivity index (χ2n) is 13.6. The molecule has 41 heavy (non-hydrogen) atoms. The summed E-state index contributed by atoms with van der Waals surface area (Å²) in [5.74, 6) is 0.535. The third-order valence-electron chi connectivity index (χ3n) is 10.8. The van der Waals surface area contributed by atoms with Crippen LogP contribution in [0.1, 0.15) is 85.0 Å². The van der Waals surface area contributed by atoms with E-state index >= 15 is 0 Å². The highest BCUT2D eigenvalue weighted by molar-refractivity contribution is 5.88. The van der Waals surface area contributed by atoms with Gasteiger partial charge in [0.15, 0.2) is 0 Å². The molecule has 5 rings (SSSR count). The van der Waals surface area contributed by atoms with Gasteiger partial charge in [0.1, 0.15) is 23.5 Å². The molecule has 0 aromatic rings. The van der Waals surface area contributed by atoms with E-state index in [1.807, 2.05) is 18.7 Å². The Balaban J connectivity index is 1.41. The highest BCUT2D eigenvalue weighted by atomic mass is 16.6. The number of fused-ring (bicyclic) bond motifs is 2. The van der Waals surface area contributed by atoms with Crippen molar-refractivity contribution in [2.75, 3.05) is 26.2 Å². The fraction of sp³-hybridized carbons (Fsp3) is 0.839. The number of piperidine rings is 1. The lowest BCUT2D eigenvalue weighted by molar-refractivity contribution is -0.706. The number of nitrogens with zero attached hydrogens (tertiary/aromatic N) is 1. The molecule has 1 saturated carbocycles. The minimum atomic E-state index is -0.982. The summed E-state index contributed by atoms with van der Waals surface area (Å²) < 4.78 is 19.1. The van der Waals surface area contributed by atoms with Crippen LogP contribution in [-0.4, -0.2) is 83.7 Å². The van der Waals surface area contributed by atoms with Crippen LogP contribution in [0, 0.1) is 23.7 Å². The van der Waals surface area contributed by atoms with E-state index in [2.05, 4.69) is 5.32 Å². The van der Waals surface area contributed by atoms with Crippen LogP contribution in [0.3, 0.4) is 0 Å². The smallest absolute Gasteiger partial charge is 0.334 e. The van der Waals surface area contributed by atoms with Gasteiger partial charge in [-0.3, -0.25) is 15.3 Å². The van der Waals surface area contributed by atoms with E-state index in [0.29, 0.717) is 37.2 Å². The molecular formula is C31H50N3O7+. The fourth-order valence-corrected chi connectivity index (χ4v) is 8.07. The summed E-state index contributed by atoms with van der Waals surface area (Å²) in [6.45, 7) is 7.99. The Bertz CT molecular complexity index is 1030. The van der Waals surface area contributed by atoms with Crippen LogP contribution in [-0.2, 0) is 28.6 Å². The molecule has 230 valence electrons. The van der Waals surface area contributed by atoms with E-state index in [1.165, 1.54) is 0 Å². The number of carbonyl (C=O) groups excluding carboxylic acids is 3. The van der Waals surface area contributed by atoms with E-state index < -0.39 is 17.2 Å². The van der Waals surface area contributed by atoms with Gasteiger partial charge in [-0.05, 0) is 70.6 Å². The van der Waals surface area contributed by atoms with Gasteiger partial charge in [0.05, 0.1) is 12.6 Å². The maximum Gasteiger partial charge on any atom is 0.334 e. The minimum absolute atomic E-state index is 0.0526. The van der Waals surface area contributed by atoms with Gasteiger partial charge < -0.3 is 29.5 Å². The maximum atomic E-state index is 13.3. The summed E-state index contributed by atoms with van der Waals surface area (Å²) >= 11 is 0. The molecule has 5 fully saturated rings. The number of carbonyl (C=O) groups is 3. The maximum absolute atomic E-state index is 13.3. The van der Waals surface area contributed by atoms with Crippen molar-refractivity contribution in [2.45, 2.75) is 115 Å². The number of aliphatic hydroxyl groups is 1. The van der Waals surface area contributed by atoms with Crippen LogP contribution in [0.2, 0.25) is 0 Å². The molecule has 1 amide bonds. The second kappa shape index (κ2) is 12.3. The molecule has 0 radical (unpaired) electrons. The molecular weight excluding hydrogens is 526 g/mol. The van der Waals surface area contributed by atoms with Crippen LogP contribution >= 0.6 is 0 Å². The first-order chi connectivity index (χ1) is 19.5. The molecule has 8 atom stereocenters. The first-order valence-electron chi connectivity index (χ1n) is 15.8. The molecule has 1 aliphatic carbocycles. The van der Waals surface area contributed by atoms with Crippen LogP contribution in [0.5, 0.6) is 0 Å². The largest absolute Gasteiger partial charge is 0.462 e. The summed E-state index contributed by atoms with van der Waals surface area (Å²) in [5, 5.41) is 11.6. The van der Waals surface area contributed by atoms with E-state index in [1.54, 1.807) is 13.0 Å². The summed E-state index contributed by atoms with van der Waals surface area (Å²) in [6.07, 6.45) is 8.25. The lowest BCUT2D eigenvalue weighted by atomic mass is 9.67. The van der Waals surface area contributed by atoms with Crippen molar-refractivity contribution in [2.24, 2.45) is 29.4 Å². The topological polar surface area (TPSA) is 145 Å². The normalized spacial score (nSPS) is 37.5.